The van der Waals surface area contributed by atoms with Gasteiger partial charge in [-0.05, 0) is 13.0 Å². The molecule has 25 heavy (non-hydrogen) atoms. The zero-order valence-corrected chi connectivity index (χ0v) is 14.3. The number of nitrogens with zero attached hydrogens (tertiary/aromatic N) is 4. The van der Waals surface area contributed by atoms with E-state index in [0.29, 0.717) is 16.7 Å². The summed E-state index contributed by atoms with van der Waals surface area (Å²) in [6.07, 6.45) is 3.44. The Morgan fingerprint density at radius 2 is 2.00 bits per heavy atom. The number of benzene rings is 1. The highest BCUT2D eigenvalue weighted by Gasteiger charge is 2.09. The van der Waals surface area contributed by atoms with E-state index in [1.807, 2.05) is 37.3 Å². The fraction of sp³-hybridized carbons (Fsp3) is 0.118. The van der Waals surface area contributed by atoms with E-state index in [2.05, 4.69) is 30.7 Å². The molecule has 7 nitrogen and oxygen atoms in total. The largest absolute Gasteiger partial charge is 0.293 e. The van der Waals surface area contributed by atoms with E-state index in [9.17, 15) is 4.79 Å². The van der Waals surface area contributed by atoms with Crippen LogP contribution in [0.3, 0.4) is 0 Å². The molecule has 0 radical (unpaired) electrons. The van der Waals surface area contributed by atoms with Crippen molar-refractivity contribution in [3.05, 3.63) is 66.0 Å². The second-order valence-corrected chi connectivity index (χ2v) is 6.04. The van der Waals surface area contributed by atoms with Gasteiger partial charge < -0.3 is 0 Å². The van der Waals surface area contributed by atoms with Crippen molar-refractivity contribution in [2.24, 2.45) is 5.10 Å². The molecule has 0 unspecified atom stereocenters. The molecule has 0 aliphatic carbocycles. The number of hydrogen-bond acceptors (Lipinski definition) is 7. The van der Waals surface area contributed by atoms with Crippen LogP contribution in [-0.4, -0.2) is 37.4 Å². The minimum atomic E-state index is 0.0374. The van der Waals surface area contributed by atoms with Gasteiger partial charge in [-0.15, -0.1) is 5.10 Å². The highest BCUT2D eigenvalue weighted by molar-refractivity contribution is 7.99. The summed E-state index contributed by atoms with van der Waals surface area (Å²) in [4.78, 5) is 20.4. The van der Waals surface area contributed by atoms with Crippen LogP contribution in [0.5, 0.6) is 0 Å². The predicted molar refractivity (Wildman–Crippen MR) is 97.9 cm³/mol. The number of anilines is 1. The normalized spacial score (nSPS) is 11.3. The maximum absolute atomic E-state index is 12.1. The van der Waals surface area contributed by atoms with Gasteiger partial charge in [-0.1, -0.05) is 48.2 Å². The molecule has 0 saturated carbocycles. The molecule has 1 aromatic carbocycles. The van der Waals surface area contributed by atoms with Crippen LogP contribution < -0.4 is 5.43 Å². The summed E-state index contributed by atoms with van der Waals surface area (Å²) in [6.45, 7) is 1.87. The van der Waals surface area contributed by atoms with Gasteiger partial charge in [0.15, 0.2) is 5.78 Å². The Bertz CT molecular complexity index is 863. The number of pyridine rings is 1. The lowest BCUT2D eigenvalue weighted by Gasteiger charge is -1.99. The first-order valence-electron chi connectivity index (χ1n) is 7.56. The summed E-state index contributed by atoms with van der Waals surface area (Å²) in [6, 6.07) is 12.9. The third-order valence-electron chi connectivity index (χ3n) is 3.30. The number of carbonyl (C=O) groups is 1. The molecule has 0 fully saturated rings. The lowest BCUT2D eigenvalue weighted by molar-refractivity contribution is 0.102. The van der Waals surface area contributed by atoms with Crippen molar-refractivity contribution in [1.82, 2.24) is 20.2 Å². The number of nitrogens with one attached hydrogen (secondary N) is 2. The predicted octanol–water partition coefficient (Wildman–Crippen LogP) is 3.01. The zero-order valence-electron chi connectivity index (χ0n) is 13.5. The van der Waals surface area contributed by atoms with E-state index in [1.54, 1.807) is 24.5 Å². The average Bonchev–Trinajstić information content (AvgIpc) is 3.13. The van der Waals surface area contributed by atoms with Crippen molar-refractivity contribution in [1.29, 1.82) is 0 Å². The van der Waals surface area contributed by atoms with Crippen LogP contribution in [0.15, 0.2) is 65.1 Å². The molecule has 3 rings (SSSR count). The third kappa shape index (κ3) is 4.74. The van der Waals surface area contributed by atoms with Crippen LogP contribution in [0.4, 0.5) is 5.95 Å². The van der Waals surface area contributed by atoms with Crippen molar-refractivity contribution in [2.45, 2.75) is 12.1 Å². The van der Waals surface area contributed by atoms with Crippen LogP contribution in [0.1, 0.15) is 22.8 Å². The van der Waals surface area contributed by atoms with E-state index in [4.69, 9.17) is 0 Å². The summed E-state index contributed by atoms with van der Waals surface area (Å²) in [7, 11) is 0. The van der Waals surface area contributed by atoms with Crippen LogP contribution in [-0.2, 0) is 0 Å². The Labute approximate surface area is 149 Å². The number of Topliss-reactive ketones (excluding diaryl/α,β-unsaturated/α-hetero) is 1. The van der Waals surface area contributed by atoms with E-state index >= 15 is 0 Å². The standard InChI is InChI=1S/C17H16N6OS/c1-12(14-8-5-9-18-10-14)20-21-16-19-17(23-22-16)25-11-15(24)13-6-3-2-4-7-13/h2-10H,11H2,1H3,(H2,19,21,22,23)/b20-12+. The van der Waals surface area contributed by atoms with Crippen molar-refractivity contribution in [3.63, 3.8) is 0 Å². The van der Waals surface area contributed by atoms with E-state index in [1.165, 1.54) is 11.8 Å². The number of aromatic nitrogens is 4. The van der Waals surface area contributed by atoms with Gasteiger partial charge in [-0.25, -0.2) is 10.5 Å². The number of aromatic amines is 1. The van der Waals surface area contributed by atoms with Crippen LogP contribution in [0.25, 0.3) is 0 Å². The van der Waals surface area contributed by atoms with Crippen LogP contribution in [0.2, 0.25) is 0 Å². The summed E-state index contributed by atoms with van der Waals surface area (Å²) in [5, 5.41) is 11.5. The van der Waals surface area contributed by atoms with Crippen LogP contribution >= 0.6 is 11.8 Å². The van der Waals surface area contributed by atoms with Crippen molar-refractivity contribution in [3.8, 4) is 0 Å². The lowest BCUT2D eigenvalue weighted by atomic mass is 10.2. The smallest absolute Gasteiger partial charge is 0.240 e. The summed E-state index contributed by atoms with van der Waals surface area (Å²) in [5.41, 5.74) is 5.19. The summed E-state index contributed by atoms with van der Waals surface area (Å²) >= 11 is 1.27. The Morgan fingerprint density at radius 1 is 1.20 bits per heavy atom. The Hall–Kier alpha value is -3.00. The minimum absolute atomic E-state index is 0.0374. The van der Waals surface area contributed by atoms with Gasteiger partial charge >= 0.3 is 0 Å². The molecule has 0 amide bonds. The molecule has 0 bridgehead atoms. The number of hydrogen-bond donors (Lipinski definition) is 2. The van der Waals surface area contributed by atoms with Crippen molar-refractivity contribution < 1.29 is 4.79 Å². The van der Waals surface area contributed by atoms with Gasteiger partial charge in [-0.2, -0.15) is 10.1 Å². The highest BCUT2D eigenvalue weighted by atomic mass is 32.2. The molecular weight excluding hydrogens is 336 g/mol. The highest BCUT2D eigenvalue weighted by Crippen LogP contribution is 2.16. The third-order valence-corrected chi connectivity index (χ3v) is 4.15. The van der Waals surface area contributed by atoms with Gasteiger partial charge in [0.05, 0.1) is 11.5 Å². The van der Waals surface area contributed by atoms with E-state index < -0.39 is 0 Å². The van der Waals surface area contributed by atoms with Gasteiger partial charge in [0.25, 0.3) is 0 Å². The molecule has 2 N–H and O–H groups in total. The first-order valence-corrected chi connectivity index (χ1v) is 8.55. The molecule has 3 aromatic rings. The van der Waals surface area contributed by atoms with E-state index in [-0.39, 0.29) is 11.5 Å². The first kappa shape index (κ1) is 16.8. The van der Waals surface area contributed by atoms with Gasteiger partial charge in [0, 0.05) is 23.5 Å². The van der Waals surface area contributed by atoms with Gasteiger partial charge in [0.1, 0.15) is 0 Å². The molecule has 2 heterocycles. The fourth-order valence-electron chi connectivity index (χ4n) is 1.98. The topological polar surface area (TPSA) is 95.9 Å². The molecule has 0 spiro atoms. The van der Waals surface area contributed by atoms with Crippen LogP contribution in [0, 0.1) is 0 Å². The number of carbonyl (C=O) groups excluding carboxylic acids is 1. The monoisotopic (exact) mass is 352 g/mol. The molecule has 126 valence electrons. The number of H-pyrrole nitrogens is 1. The Kier molecular flexibility index (Phi) is 5.53. The zero-order chi connectivity index (χ0) is 17.5. The number of hydrazone groups is 1. The molecule has 0 atom stereocenters. The molecule has 8 heteroatoms. The molecule has 0 saturated heterocycles. The molecular formula is C17H16N6OS. The maximum atomic E-state index is 12.1. The minimum Gasteiger partial charge on any atom is -0.293 e. The molecule has 0 aliphatic rings. The Balaban J connectivity index is 1.55. The molecule has 0 aliphatic heterocycles. The lowest BCUT2D eigenvalue weighted by Crippen LogP contribution is -2.02. The Morgan fingerprint density at radius 3 is 2.76 bits per heavy atom. The average molecular weight is 352 g/mol. The maximum Gasteiger partial charge on any atom is 0.240 e. The van der Waals surface area contributed by atoms with Gasteiger partial charge in [0.2, 0.25) is 11.1 Å². The number of rotatable bonds is 7. The second kappa shape index (κ2) is 8.20. The second-order valence-electron chi connectivity index (χ2n) is 5.10. The van der Waals surface area contributed by atoms with Crippen molar-refractivity contribution in [2.75, 3.05) is 11.2 Å². The quantitative estimate of drug-likeness (QED) is 0.294. The SMILES string of the molecule is C/C(=N\Nc1nc(SCC(=O)c2ccccc2)n[nH]1)c1cccnc1. The van der Waals surface area contributed by atoms with Gasteiger partial charge in [-0.3, -0.25) is 9.78 Å². The number of thioether (sulfide) groups is 1. The van der Waals surface area contributed by atoms with E-state index in [0.717, 1.165) is 11.3 Å². The first-order chi connectivity index (χ1) is 12.2. The summed E-state index contributed by atoms with van der Waals surface area (Å²) in [5.74, 6) is 0.729. The summed E-state index contributed by atoms with van der Waals surface area (Å²) < 4.78 is 0. The fourth-order valence-corrected chi connectivity index (χ4v) is 2.67. The molecule has 2 aromatic heterocycles. The number of ketones is 1. The van der Waals surface area contributed by atoms with Crippen molar-refractivity contribution >= 4 is 29.2 Å².